The van der Waals surface area contributed by atoms with E-state index in [2.05, 4.69) is 20.9 Å². The quantitative estimate of drug-likeness (QED) is 0.825. The average Bonchev–Trinajstić information content (AvgIpc) is 3.07. The van der Waals surface area contributed by atoms with Crippen LogP contribution in [-0.4, -0.2) is 18.1 Å². The van der Waals surface area contributed by atoms with Crippen LogP contribution >= 0.6 is 0 Å². The minimum atomic E-state index is -4.46. The first-order valence-corrected chi connectivity index (χ1v) is 8.86. The fraction of sp³-hybridized carbons (Fsp3) is 0.421. The van der Waals surface area contributed by atoms with E-state index in [4.69, 9.17) is 0 Å². The van der Waals surface area contributed by atoms with Gasteiger partial charge >= 0.3 is 6.18 Å². The molecule has 1 amide bonds. The lowest BCUT2D eigenvalue weighted by molar-refractivity contribution is -0.137. The predicted molar refractivity (Wildman–Crippen MR) is 92.5 cm³/mol. The van der Waals surface area contributed by atoms with E-state index in [1.54, 1.807) is 12.3 Å². The summed E-state index contributed by atoms with van der Waals surface area (Å²) in [6.07, 6.45) is -2.37. The molecule has 0 saturated heterocycles. The topological polar surface area (TPSA) is 65.8 Å². The van der Waals surface area contributed by atoms with Gasteiger partial charge in [0.05, 0.1) is 22.8 Å². The average molecular weight is 376 g/mol. The van der Waals surface area contributed by atoms with Crippen molar-refractivity contribution in [3.63, 3.8) is 0 Å². The van der Waals surface area contributed by atoms with Crippen LogP contribution in [0.1, 0.15) is 37.8 Å². The number of hydrogen-bond donors (Lipinski definition) is 2. The van der Waals surface area contributed by atoms with Gasteiger partial charge in [-0.3, -0.25) is 4.79 Å². The number of carbonyl (C=O) groups excluding carboxylic acids is 1. The first-order valence-electron chi connectivity index (χ1n) is 8.86. The Bertz CT molecular complexity index is 902. The first kappa shape index (κ1) is 17.8. The highest BCUT2D eigenvalue weighted by molar-refractivity contribution is 5.99. The van der Waals surface area contributed by atoms with Gasteiger partial charge in [-0.1, -0.05) is 25.1 Å². The molecule has 142 valence electrons. The molecule has 3 aliphatic heterocycles. The van der Waals surface area contributed by atoms with Crippen molar-refractivity contribution < 1.29 is 18.0 Å². The molecular formula is C19H19F3N4O. The zero-order valence-corrected chi connectivity index (χ0v) is 14.9. The molecule has 0 radical (unpaired) electrons. The molecule has 1 aromatic rings. The van der Waals surface area contributed by atoms with Crippen molar-refractivity contribution in [3.05, 3.63) is 58.4 Å². The molecular weight excluding hydrogens is 357 g/mol. The number of azo groups is 1. The molecule has 0 saturated carbocycles. The highest BCUT2D eigenvalue weighted by atomic mass is 19.4. The fourth-order valence-electron chi connectivity index (χ4n) is 4.39. The summed E-state index contributed by atoms with van der Waals surface area (Å²) in [4.78, 5) is 12.9. The molecule has 8 heteroatoms. The summed E-state index contributed by atoms with van der Waals surface area (Å²) < 4.78 is 40.0. The van der Waals surface area contributed by atoms with Crippen LogP contribution in [-0.2, 0) is 16.4 Å². The van der Waals surface area contributed by atoms with E-state index in [1.807, 2.05) is 13.8 Å². The van der Waals surface area contributed by atoms with Crippen molar-refractivity contribution >= 4 is 5.91 Å². The molecule has 1 aromatic carbocycles. The van der Waals surface area contributed by atoms with E-state index >= 15 is 0 Å². The van der Waals surface area contributed by atoms with E-state index in [-0.39, 0.29) is 11.9 Å². The van der Waals surface area contributed by atoms with E-state index in [0.717, 1.165) is 17.8 Å². The van der Waals surface area contributed by atoms with Crippen LogP contribution < -0.4 is 10.6 Å². The molecule has 3 aliphatic rings. The first-order chi connectivity index (χ1) is 12.8. The maximum absolute atomic E-state index is 13.3. The molecule has 2 N–H and O–H groups in total. The van der Waals surface area contributed by atoms with E-state index in [0.29, 0.717) is 29.6 Å². The summed E-state index contributed by atoms with van der Waals surface area (Å²) in [6.45, 7) is 3.76. The van der Waals surface area contributed by atoms with Crippen LogP contribution in [0.2, 0.25) is 0 Å². The molecule has 0 spiro atoms. The smallest absolute Gasteiger partial charge is 0.362 e. The van der Waals surface area contributed by atoms with Gasteiger partial charge in [-0.2, -0.15) is 23.4 Å². The summed E-state index contributed by atoms with van der Waals surface area (Å²) >= 11 is 0. The number of fused-ring (bicyclic) bond motifs is 1. The van der Waals surface area contributed by atoms with Gasteiger partial charge in [0.2, 0.25) is 5.91 Å². The van der Waals surface area contributed by atoms with Gasteiger partial charge in [0, 0.05) is 23.7 Å². The molecule has 0 aromatic heterocycles. The minimum Gasteiger partial charge on any atom is -0.362 e. The van der Waals surface area contributed by atoms with Crippen molar-refractivity contribution in [2.75, 3.05) is 0 Å². The summed E-state index contributed by atoms with van der Waals surface area (Å²) in [5.41, 5.74) is 0.600. The molecule has 1 unspecified atom stereocenters. The number of benzene rings is 1. The largest absolute Gasteiger partial charge is 0.416 e. The normalized spacial score (nSPS) is 29.7. The number of halogens is 3. The van der Waals surface area contributed by atoms with Crippen LogP contribution in [0.5, 0.6) is 0 Å². The highest BCUT2D eigenvalue weighted by Crippen LogP contribution is 2.51. The zero-order valence-electron chi connectivity index (χ0n) is 14.9. The third kappa shape index (κ3) is 2.57. The van der Waals surface area contributed by atoms with Crippen LogP contribution in [0.15, 0.2) is 57.5 Å². The third-order valence-corrected chi connectivity index (χ3v) is 5.53. The molecule has 5 nitrogen and oxygen atoms in total. The van der Waals surface area contributed by atoms with E-state index in [1.165, 1.54) is 6.07 Å². The van der Waals surface area contributed by atoms with Crippen molar-refractivity contribution in [2.45, 2.75) is 50.5 Å². The van der Waals surface area contributed by atoms with E-state index in [9.17, 15) is 18.0 Å². The van der Waals surface area contributed by atoms with Crippen molar-refractivity contribution in [1.82, 2.24) is 10.6 Å². The SMILES string of the molecule is CC[C@]1(c2cccc(C(F)(F)F)c2)C2=CN=NC2NC2=C1C(=O)N[C@H](C)C2. The van der Waals surface area contributed by atoms with Gasteiger partial charge in [0.25, 0.3) is 0 Å². The second-order valence-corrected chi connectivity index (χ2v) is 7.13. The Labute approximate surface area is 154 Å². The summed E-state index contributed by atoms with van der Waals surface area (Å²) in [7, 11) is 0. The number of amides is 1. The molecule has 0 fully saturated rings. The Balaban J connectivity index is 1.98. The van der Waals surface area contributed by atoms with Crippen LogP contribution in [0.25, 0.3) is 0 Å². The van der Waals surface area contributed by atoms with Gasteiger partial charge in [-0.15, -0.1) is 0 Å². The summed E-state index contributed by atoms with van der Waals surface area (Å²) in [5.74, 6) is -0.262. The number of nitrogens with one attached hydrogen (secondary N) is 2. The van der Waals surface area contributed by atoms with Crippen LogP contribution in [0, 0.1) is 0 Å². The Morgan fingerprint density at radius 3 is 2.78 bits per heavy atom. The Morgan fingerprint density at radius 1 is 1.30 bits per heavy atom. The number of alkyl halides is 3. The summed E-state index contributed by atoms with van der Waals surface area (Å²) in [6, 6.07) is 5.15. The molecule has 0 bridgehead atoms. The summed E-state index contributed by atoms with van der Waals surface area (Å²) in [5, 5.41) is 14.3. The van der Waals surface area contributed by atoms with Gasteiger partial charge in [0.15, 0.2) is 6.17 Å². The van der Waals surface area contributed by atoms with Crippen LogP contribution in [0.3, 0.4) is 0 Å². The predicted octanol–water partition coefficient (Wildman–Crippen LogP) is 3.79. The van der Waals surface area contributed by atoms with Crippen LogP contribution in [0.4, 0.5) is 13.2 Å². The lowest BCUT2D eigenvalue weighted by Crippen LogP contribution is -2.55. The van der Waals surface area contributed by atoms with Crippen molar-refractivity contribution in [2.24, 2.45) is 10.2 Å². The number of carbonyl (C=O) groups is 1. The lowest BCUT2D eigenvalue weighted by atomic mass is 9.62. The molecule has 4 rings (SSSR count). The number of nitrogens with zero attached hydrogens (tertiary/aromatic N) is 2. The standard InChI is InChI=1S/C19H19F3N4O/c1-3-18(11-5-4-6-12(8-11)19(20,21)22)13-9-23-26-16(13)25-14-7-10(2)24-17(27)15(14)18/h4-6,8-10,16,25H,3,7H2,1-2H3,(H,24,27)/t10-,16?,18+/m1/s1. The molecule has 3 heterocycles. The zero-order chi connectivity index (χ0) is 19.4. The second-order valence-electron chi connectivity index (χ2n) is 7.13. The Kier molecular flexibility index (Phi) is 3.90. The number of hydrogen-bond acceptors (Lipinski definition) is 4. The highest BCUT2D eigenvalue weighted by Gasteiger charge is 2.52. The molecule has 27 heavy (non-hydrogen) atoms. The van der Waals surface area contributed by atoms with Crippen molar-refractivity contribution in [3.8, 4) is 0 Å². The third-order valence-electron chi connectivity index (χ3n) is 5.53. The molecule has 0 aliphatic carbocycles. The number of rotatable bonds is 2. The Hall–Kier alpha value is -2.64. The van der Waals surface area contributed by atoms with Gasteiger partial charge in [-0.25, -0.2) is 0 Å². The maximum Gasteiger partial charge on any atom is 0.416 e. The minimum absolute atomic E-state index is 0.0660. The maximum atomic E-state index is 13.3. The van der Waals surface area contributed by atoms with Gasteiger partial charge < -0.3 is 10.6 Å². The van der Waals surface area contributed by atoms with Crippen molar-refractivity contribution in [1.29, 1.82) is 0 Å². The van der Waals surface area contributed by atoms with Gasteiger partial charge in [-0.05, 0) is 25.0 Å². The second kappa shape index (κ2) is 5.94. The lowest BCUT2D eigenvalue weighted by Gasteiger charge is -2.46. The molecule has 3 atom stereocenters. The fourth-order valence-corrected chi connectivity index (χ4v) is 4.39. The van der Waals surface area contributed by atoms with E-state index < -0.39 is 23.3 Å². The van der Waals surface area contributed by atoms with Gasteiger partial charge in [0.1, 0.15) is 0 Å². The Morgan fingerprint density at radius 2 is 2.07 bits per heavy atom. The monoisotopic (exact) mass is 376 g/mol.